The first kappa shape index (κ1) is 26.9. The van der Waals surface area contributed by atoms with Gasteiger partial charge in [-0.15, -0.1) is 0 Å². The molecule has 2 aromatic heterocycles. The van der Waals surface area contributed by atoms with Crippen molar-refractivity contribution in [3.8, 4) is 22.3 Å². The van der Waals surface area contributed by atoms with Crippen LogP contribution in [0.1, 0.15) is 59.3 Å². The Morgan fingerprint density at radius 2 is 0.975 bits per heavy atom. The zero-order chi connectivity index (χ0) is 27.6. The summed E-state index contributed by atoms with van der Waals surface area (Å²) in [6, 6.07) is 23.2. The first-order valence-corrected chi connectivity index (χ1v) is 15.0. The SMILES string of the molecule is Cc1cccc(C)c1-c1ccc(CN2CCCC2C2CCCN2Cc2ccc(-c3c(C)cccc3C)cn2)nc1. The second kappa shape index (κ2) is 11.6. The Morgan fingerprint density at radius 3 is 1.32 bits per heavy atom. The third-order valence-electron chi connectivity index (χ3n) is 9.19. The van der Waals surface area contributed by atoms with Gasteiger partial charge in [-0.3, -0.25) is 19.8 Å². The Labute approximate surface area is 240 Å². The van der Waals surface area contributed by atoms with Crippen LogP contribution in [0.5, 0.6) is 0 Å². The van der Waals surface area contributed by atoms with E-state index < -0.39 is 0 Å². The molecule has 6 rings (SSSR count). The fourth-order valence-electron chi connectivity index (χ4n) is 7.26. The maximum atomic E-state index is 4.93. The van der Waals surface area contributed by atoms with Crippen LogP contribution in [0.3, 0.4) is 0 Å². The van der Waals surface area contributed by atoms with Gasteiger partial charge in [-0.25, -0.2) is 0 Å². The molecule has 2 aliphatic rings. The molecular formula is C36H42N4. The van der Waals surface area contributed by atoms with E-state index >= 15 is 0 Å². The molecule has 0 saturated carbocycles. The van der Waals surface area contributed by atoms with Gasteiger partial charge in [0.25, 0.3) is 0 Å². The quantitative estimate of drug-likeness (QED) is 0.245. The van der Waals surface area contributed by atoms with Gasteiger partial charge in [0, 0.05) is 48.7 Å². The van der Waals surface area contributed by atoms with Crippen LogP contribution in [0.15, 0.2) is 73.1 Å². The number of rotatable bonds is 7. The first-order chi connectivity index (χ1) is 19.5. The summed E-state index contributed by atoms with van der Waals surface area (Å²) < 4.78 is 0. The number of aryl methyl sites for hydroxylation is 4. The topological polar surface area (TPSA) is 32.3 Å². The lowest BCUT2D eigenvalue weighted by Gasteiger charge is -2.35. The van der Waals surface area contributed by atoms with Gasteiger partial charge in [-0.2, -0.15) is 0 Å². The first-order valence-electron chi connectivity index (χ1n) is 15.0. The second-order valence-corrected chi connectivity index (χ2v) is 12.0. The van der Waals surface area contributed by atoms with Crippen LogP contribution in [0.4, 0.5) is 0 Å². The van der Waals surface area contributed by atoms with Crippen molar-refractivity contribution in [1.82, 2.24) is 19.8 Å². The molecule has 0 amide bonds. The summed E-state index contributed by atoms with van der Waals surface area (Å²) in [6.45, 7) is 13.0. The molecule has 4 nitrogen and oxygen atoms in total. The fraction of sp³-hybridized carbons (Fsp3) is 0.389. The summed E-state index contributed by atoms with van der Waals surface area (Å²) in [6.07, 6.45) is 9.26. The third kappa shape index (κ3) is 5.48. The molecule has 4 aromatic rings. The maximum Gasteiger partial charge on any atom is 0.0544 e. The smallest absolute Gasteiger partial charge is 0.0544 e. The standard InChI is InChI=1S/C36H42N4/c1-25-9-5-10-26(2)35(25)29-15-17-31(37-21-29)23-39-19-7-13-33(39)34-14-8-20-40(34)24-32-18-16-30(22-38-32)36-27(3)11-6-12-28(36)4/h5-6,9-12,15-18,21-22,33-34H,7-8,13-14,19-20,23-24H2,1-4H3. The molecular weight excluding hydrogens is 488 g/mol. The molecule has 40 heavy (non-hydrogen) atoms. The van der Waals surface area contributed by atoms with Crippen LogP contribution in [-0.2, 0) is 13.1 Å². The summed E-state index contributed by atoms with van der Waals surface area (Å²) in [5.41, 5.74) is 12.7. The zero-order valence-corrected chi connectivity index (χ0v) is 24.5. The Hall–Kier alpha value is -3.34. The van der Waals surface area contributed by atoms with Crippen molar-refractivity contribution in [2.45, 2.75) is 78.6 Å². The molecule has 2 aromatic carbocycles. The summed E-state index contributed by atoms with van der Waals surface area (Å²) in [7, 11) is 0. The lowest BCUT2D eigenvalue weighted by atomic mass is 9.97. The van der Waals surface area contributed by atoms with Crippen molar-refractivity contribution in [3.63, 3.8) is 0 Å². The normalized spacial score (nSPS) is 19.9. The van der Waals surface area contributed by atoms with Crippen LogP contribution < -0.4 is 0 Å². The van der Waals surface area contributed by atoms with Crippen molar-refractivity contribution in [3.05, 3.63) is 107 Å². The highest BCUT2D eigenvalue weighted by Gasteiger charge is 2.37. The van der Waals surface area contributed by atoms with Crippen LogP contribution in [0, 0.1) is 27.7 Å². The molecule has 4 heterocycles. The van der Waals surface area contributed by atoms with E-state index in [2.05, 4.69) is 111 Å². The molecule has 0 bridgehead atoms. The zero-order valence-electron chi connectivity index (χ0n) is 24.5. The van der Waals surface area contributed by atoms with Gasteiger partial charge in [-0.1, -0.05) is 48.5 Å². The molecule has 2 fully saturated rings. The number of likely N-dealkylation sites (tertiary alicyclic amines) is 2. The minimum absolute atomic E-state index is 0.594. The van der Waals surface area contributed by atoms with E-state index in [9.17, 15) is 0 Å². The average Bonchev–Trinajstić information content (AvgIpc) is 3.59. The molecule has 206 valence electrons. The highest BCUT2D eigenvalue weighted by Crippen LogP contribution is 2.33. The molecule has 2 unspecified atom stereocenters. The Kier molecular flexibility index (Phi) is 7.82. The van der Waals surface area contributed by atoms with E-state index in [0.29, 0.717) is 12.1 Å². The maximum absolute atomic E-state index is 4.93. The van der Waals surface area contributed by atoms with E-state index in [4.69, 9.17) is 9.97 Å². The highest BCUT2D eigenvalue weighted by atomic mass is 15.3. The number of hydrogen-bond acceptors (Lipinski definition) is 4. The molecule has 0 aliphatic carbocycles. The van der Waals surface area contributed by atoms with Gasteiger partial charge >= 0.3 is 0 Å². The summed E-state index contributed by atoms with van der Waals surface area (Å²) in [5.74, 6) is 0. The number of hydrogen-bond donors (Lipinski definition) is 0. The van der Waals surface area contributed by atoms with E-state index in [1.807, 2.05) is 0 Å². The van der Waals surface area contributed by atoms with E-state index in [0.717, 1.165) is 26.2 Å². The number of aromatic nitrogens is 2. The molecule has 2 atom stereocenters. The monoisotopic (exact) mass is 530 g/mol. The molecule has 0 spiro atoms. The minimum atomic E-state index is 0.594. The Morgan fingerprint density at radius 1 is 0.575 bits per heavy atom. The van der Waals surface area contributed by atoms with Crippen molar-refractivity contribution in [2.24, 2.45) is 0 Å². The predicted octanol–water partition coefficient (Wildman–Crippen LogP) is 7.67. The fourth-order valence-corrected chi connectivity index (χ4v) is 7.26. The molecule has 4 heteroatoms. The summed E-state index contributed by atoms with van der Waals surface area (Å²) in [4.78, 5) is 15.2. The van der Waals surface area contributed by atoms with Gasteiger partial charge < -0.3 is 0 Å². The second-order valence-electron chi connectivity index (χ2n) is 12.0. The third-order valence-corrected chi connectivity index (χ3v) is 9.19. The van der Waals surface area contributed by atoms with Gasteiger partial charge in [-0.05, 0) is 112 Å². The van der Waals surface area contributed by atoms with Crippen LogP contribution in [0.25, 0.3) is 22.3 Å². The lowest BCUT2D eigenvalue weighted by molar-refractivity contribution is 0.122. The predicted molar refractivity (Wildman–Crippen MR) is 165 cm³/mol. The summed E-state index contributed by atoms with van der Waals surface area (Å²) >= 11 is 0. The van der Waals surface area contributed by atoms with Crippen molar-refractivity contribution >= 4 is 0 Å². The van der Waals surface area contributed by atoms with Crippen molar-refractivity contribution in [1.29, 1.82) is 0 Å². The van der Waals surface area contributed by atoms with Gasteiger partial charge in [0.15, 0.2) is 0 Å². The summed E-state index contributed by atoms with van der Waals surface area (Å²) in [5, 5.41) is 0. The molecule has 0 N–H and O–H groups in total. The van der Waals surface area contributed by atoms with Gasteiger partial charge in [0.05, 0.1) is 11.4 Å². The van der Waals surface area contributed by atoms with Crippen LogP contribution in [0.2, 0.25) is 0 Å². The lowest BCUT2D eigenvalue weighted by Crippen LogP contribution is -2.45. The van der Waals surface area contributed by atoms with Gasteiger partial charge in [0.2, 0.25) is 0 Å². The molecule has 0 radical (unpaired) electrons. The van der Waals surface area contributed by atoms with Crippen LogP contribution >= 0.6 is 0 Å². The molecule has 2 aliphatic heterocycles. The number of benzene rings is 2. The number of nitrogens with zero attached hydrogens (tertiary/aromatic N) is 4. The Balaban J connectivity index is 1.13. The molecule has 2 saturated heterocycles. The van der Waals surface area contributed by atoms with Crippen molar-refractivity contribution in [2.75, 3.05) is 13.1 Å². The average molecular weight is 531 g/mol. The van der Waals surface area contributed by atoms with E-state index in [-0.39, 0.29) is 0 Å². The minimum Gasteiger partial charge on any atom is -0.293 e. The van der Waals surface area contributed by atoms with Gasteiger partial charge in [0.1, 0.15) is 0 Å². The highest BCUT2D eigenvalue weighted by molar-refractivity contribution is 5.70. The van der Waals surface area contributed by atoms with E-state index in [1.165, 1.54) is 81.6 Å². The Bertz CT molecular complexity index is 1300. The van der Waals surface area contributed by atoms with Crippen molar-refractivity contribution < 1.29 is 0 Å². The number of pyridine rings is 2. The van der Waals surface area contributed by atoms with E-state index in [1.54, 1.807) is 0 Å². The largest absolute Gasteiger partial charge is 0.293 e. The van der Waals surface area contributed by atoms with Crippen LogP contribution in [-0.4, -0.2) is 44.9 Å².